The van der Waals surface area contributed by atoms with Crippen molar-refractivity contribution >= 4 is 17.7 Å². The van der Waals surface area contributed by atoms with Gasteiger partial charge in [-0.15, -0.1) is 0 Å². The van der Waals surface area contributed by atoms with E-state index < -0.39 is 5.41 Å². The molecular weight excluding hydrogens is 318 g/mol. The van der Waals surface area contributed by atoms with Crippen molar-refractivity contribution in [1.82, 2.24) is 10.2 Å². The number of carbonyl (C=O) groups excluding carboxylic acids is 3. The lowest BCUT2D eigenvalue weighted by Crippen LogP contribution is -3.09. The first-order valence-corrected chi connectivity index (χ1v) is 8.92. The first kappa shape index (κ1) is 17.6. The molecule has 1 saturated carbocycles. The number of imide groups is 1. The Balaban J connectivity index is 1.61. The van der Waals surface area contributed by atoms with Gasteiger partial charge in [-0.05, 0) is 25.0 Å². The number of rotatable bonds is 5. The molecule has 1 atom stereocenters. The summed E-state index contributed by atoms with van der Waals surface area (Å²) >= 11 is 0. The second-order valence-electron chi connectivity index (χ2n) is 7.36. The van der Waals surface area contributed by atoms with Gasteiger partial charge in [-0.2, -0.15) is 0 Å². The van der Waals surface area contributed by atoms with Crippen LogP contribution >= 0.6 is 0 Å². The third-order valence-corrected chi connectivity index (χ3v) is 5.43. The summed E-state index contributed by atoms with van der Waals surface area (Å²) in [7, 11) is 3.59. The van der Waals surface area contributed by atoms with Gasteiger partial charge in [0.05, 0.1) is 12.5 Å². The van der Waals surface area contributed by atoms with Gasteiger partial charge in [0.2, 0.25) is 11.8 Å². The molecule has 1 saturated heterocycles. The maximum atomic E-state index is 12.7. The molecule has 134 valence electrons. The van der Waals surface area contributed by atoms with Crippen LogP contribution in [-0.2, 0) is 16.1 Å². The van der Waals surface area contributed by atoms with Crippen molar-refractivity contribution in [2.24, 2.45) is 5.41 Å². The smallest absolute Gasteiger partial charge is 0.251 e. The molecule has 0 radical (unpaired) electrons. The summed E-state index contributed by atoms with van der Waals surface area (Å²) < 4.78 is 0. The Morgan fingerprint density at radius 1 is 1.20 bits per heavy atom. The van der Waals surface area contributed by atoms with Crippen LogP contribution in [0.15, 0.2) is 24.3 Å². The van der Waals surface area contributed by atoms with Crippen molar-refractivity contribution in [3.63, 3.8) is 0 Å². The predicted molar refractivity (Wildman–Crippen MR) is 92.7 cm³/mol. The number of carbonyl (C=O) groups is 3. The molecule has 1 aliphatic carbocycles. The average molecular weight is 344 g/mol. The van der Waals surface area contributed by atoms with E-state index in [0.717, 1.165) is 36.1 Å². The summed E-state index contributed by atoms with van der Waals surface area (Å²) in [5.41, 5.74) is 1.30. The lowest BCUT2D eigenvalue weighted by atomic mass is 9.85. The standard InChI is InChI=1S/C19H25N3O3/c1-20-17(24)15-7-5-14(6-8-15)12-21(2)13-22-16(23)11-19(18(22)25)9-3-4-10-19/h5-8H,3-4,9-13H2,1-2H3,(H,20,24)/p+1. The summed E-state index contributed by atoms with van der Waals surface area (Å²) in [4.78, 5) is 39.2. The quantitative estimate of drug-likeness (QED) is 0.757. The third kappa shape index (κ3) is 3.44. The molecule has 1 aromatic carbocycles. The number of hydrogen-bond acceptors (Lipinski definition) is 3. The minimum Gasteiger partial charge on any atom is -0.355 e. The zero-order valence-corrected chi connectivity index (χ0v) is 14.9. The number of likely N-dealkylation sites (tertiary alicyclic amines) is 1. The van der Waals surface area contributed by atoms with Crippen LogP contribution in [0.25, 0.3) is 0 Å². The fourth-order valence-corrected chi connectivity index (χ4v) is 4.06. The Morgan fingerprint density at radius 2 is 1.84 bits per heavy atom. The largest absolute Gasteiger partial charge is 0.355 e. The number of benzene rings is 1. The summed E-state index contributed by atoms with van der Waals surface area (Å²) in [5, 5.41) is 2.60. The van der Waals surface area contributed by atoms with Gasteiger partial charge < -0.3 is 10.2 Å². The van der Waals surface area contributed by atoms with Gasteiger partial charge in [0, 0.05) is 24.6 Å². The Bertz CT molecular complexity index is 678. The molecule has 1 unspecified atom stereocenters. The van der Waals surface area contributed by atoms with E-state index >= 15 is 0 Å². The van der Waals surface area contributed by atoms with E-state index in [1.807, 2.05) is 19.2 Å². The van der Waals surface area contributed by atoms with Gasteiger partial charge >= 0.3 is 0 Å². The molecule has 0 aromatic heterocycles. The Labute approximate surface area is 148 Å². The summed E-state index contributed by atoms with van der Waals surface area (Å²) in [5.74, 6) is -0.104. The van der Waals surface area contributed by atoms with Crippen LogP contribution in [0.5, 0.6) is 0 Å². The number of quaternary nitrogens is 1. The van der Waals surface area contributed by atoms with E-state index in [1.165, 1.54) is 4.90 Å². The zero-order valence-electron chi connectivity index (χ0n) is 14.9. The SMILES string of the molecule is CNC(=O)c1ccc(C[NH+](C)CN2C(=O)CC3(CCCC3)C2=O)cc1. The molecule has 1 heterocycles. The molecule has 6 heteroatoms. The van der Waals surface area contributed by atoms with Gasteiger partial charge in [-0.3, -0.25) is 14.4 Å². The minimum absolute atomic E-state index is 0.0267. The molecule has 1 spiro atoms. The van der Waals surface area contributed by atoms with Crippen LogP contribution in [0.3, 0.4) is 0 Å². The van der Waals surface area contributed by atoms with Crippen LogP contribution in [-0.4, -0.2) is 43.4 Å². The highest BCUT2D eigenvalue weighted by molar-refractivity contribution is 6.05. The van der Waals surface area contributed by atoms with Crippen molar-refractivity contribution in [2.45, 2.75) is 38.6 Å². The molecule has 1 aliphatic heterocycles. The van der Waals surface area contributed by atoms with E-state index in [2.05, 4.69) is 5.32 Å². The van der Waals surface area contributed by atoms with Crippen molar-refractivity contribution in [2.75, 3.05) is 20.8 Å². The fourth-order valence-electron chi connectivity index (χ4n) is 4.06. The Kier molecular flexibility index (Phi) is 4.90. The Morgan fingerprint density at radius 3 is 2.44 bits per heavy atom. The van der Waals surface area contributed by atoms with Crippen molar-refractivity contribution in [3.8, 4) is 0 Å². The highest BCUT2D eigenvalue weighted by atomic mass is 16.2. The molecule has 2 N–H and O–H groups in total. The second kappa shape index (κ2) is 6.96. The van der Waals surface area contributed by atoms with Crippen LogP contribution in [0.1, 0.15) is 48.0 Å². The minimum atomic E-state index is -0.396. The average Bonchev–Trinajstić information content (AvgIpc) is 3.16. The molecule has 6 nitrogen and oxygen atoms in total. The molecule has 2 fully saturated rings. The monoisotopic (exact) mass is 344 g/mol. The summed E-state index contributed by atoms with van der Waals surface area (Å²) in [6.07, 6.45) is 4.20. The number of hydrogen-bond donors (Lipinski definition) is 2. The predicted octanol–water partition coefficient (Wildman–Crippen LogP) is 0.338. The van der Waals surface area contributed by atoms with Gasteiger partial charge in [0.25, 0.3) is 5.91 Å². The maximum absolute atomic E-state index is 12.7. The van der Waals surface area contributed by atoms with Crippen molar-refractivity contribution in [1.29, 1.82) is 0 Å². The van der Waals surface area contributed by atoms with E-state index in [1.54, 1.807) is 19.2 Å². The van der Waals surface area contributed by atoms with Crippen LogP contribution in [0, 0.1) is 5.41 Å². The first-order chi connectivity index (χ1) is 11.9. The van der Waals surface area contributed by atoms with Gasteiger partial charge in [0.15, 0.2) is 6.67 Å². The zero-order chi connectivity index (χ0) is 18.0. The van der Waals surface area contributed by atoms with E-state index in [9.17, 15) is 14.4 Å². The lowest BCUT2D eigenvalue weighted by Gasteiger charge is -2.23. The van der Waals surface area contributed by atoms with Crippen LogP contribution < -0.4 is 10.2 Å². The highest BCUT2D eigenvalue weighted by Crippen LogP contribution is 2.46. The normalized spacial score (nSPS) is 20.3. The highest BCUT2D eigenvalue weighted by Gasteiger charge is 2.53. The maximum Gasteiger partial charge on any atom is 0.251 e. The molecule has 3 rings (SSSR count). The van der Waals surface area contributed by atoms with Crippen molar-refractivity contribution < 1.29 is 19.3 Å². The number of nitrogens with zero attached hydrogens (tertiary/aromatic N) is 1. The van der Waals surface area contributed by atoms with E-state index in [-0.39, 0.29) is 17.7 Å². The van der Waals surface area contributed by atoms with Crippen LogP contribution in [0.2, 0.25) is 0 Å². The lowest BCUT2D eigenvalue weighted by molar-refractivity contribution is -0.901. The summed E-state index contributed by atoms with van der Waals surface area (Å²) in [6.45, 7) is 1.09. The van der Waals surface area contributed by atoms with E-state index in [0.29, 0.717) is 25.2 Å². The van der Waals surface area contributed by atoms with Gasteiger partial charge in [-0.25, -0.2) is 4.90 Å². The van der Waals surface area contributed by atoms with E-state index in [4.69, 9.17) is 0 Å². The molecular formula is C19H26N3O3+. The molecule has 0 bridgehead atoms. The van der Waals surface area contributed by atoms with Gasteiger partial charge in [0.1, 0.15) is 6.54 Å². The first-order valence-electron chi connectivity index (χ1n) is 8.92. The molecule has 2 aliphatic rings. The third-order valence-electron chi connectivity index (χ3n) is 5.43. The van der Waals surface area contributed by atoms with Gasteiger partial charge in [-0.1, -0.05) is 25.0 Å². The fraction of sp³-hybridized carbons (Fsp3) is 0.526. The molecule has 25 heavy (non-hydrogen) atoms. The molecule has 1 aromatic rings. The van der Waals surface area contributed by atoms with Crippen LogP contribution in [0.4, 0.5) is 0 Å². The number of amides is 3. The Hall–Kier alpha value is -2.21. The summed E-state index contributed by atoms with van der Waals surface area (Å²) in [6, 6.07) is 7.42. The molecule has 3 amide bonds. The second-order valence-corrected chi connectivity index (χ2v) is 7.36. The number of nitrogens with one attached hydrogen (secondary N) is 2. The van der Waals surface area contributed by atoms with Crippen molar-refractivity contribution in [3.05, 3.63) is 35.4 Å². The topological polar surface area (TPSA) is 70.9 Å².